The number of nitrogens with zero attached hydrogens (tertiary/aromatic N) is 1. The van der Waals surface area contributed by atoms with Gasteiger partial charge < -0.3 is 9.57 Å². The van der Waals surface area contributed by atoms with E-state index in [1.807, 2.05) is 61.5 Å². The van der Waals surface area contributed by atoms with Crippen LogP contribution in [0.2, 0.25) is 0 Å². The Bertz CT molecular complexity index is 518. The van der Waals surface area contributed by atoms with Gasteiger partial charge in [-0.3, -0.25) is 0 Å². The van der Waals surface area contributed by atoms with Crippen molar-refractivity contribution in [3.05, 3.63) is 60.2 Å². The summed E-state index contributed by atoms with van der Waals surface area (Å²) >= 11 is 0. The van der Waals surface area contributed by atoms with Gasteiger partial charge in [0.1, 0.15) is 5.75 Å². The molecule has 18 heavy (non-hydrogen) atoms. The Morgan fingerprint density at radius 3 is 2.17 bits per heavy atom. The first-order valence-electron chi connectivity index (χ1n) is 5.70. The molecule has 0 aliphatic rings. The summed E-state index contributed by atoms with van der Waals surface area (Å²) in [7, 11) is 1.65. The normalized spacial score (nSPS) is 11.1. The minimum atomic E-state index is 0.727. The molecule has 2 aromatic rings. The first kappa shape index (κ1) is 12.2. The molecule has 3 heteroatoms. The zero-order valence-electron chi connectivity index (χ0n) is 10.5. The van der Waals surface area contributed by atoms with Crippen LogP contribution < -0.4 is 9.57 Å². The van der Waals surface area contributed by atoms with Gasteiger partial charge in [0.2, 0.25) is 0 Å². The largest absolute Gasteiger partial charge is 0.497 e. The molecule has 0 bridgehead atoms. The Morgan fingerprint density at radius 1 is 0.889 bits per heavy atom. The van der Waals surface area contributed by atoms with Crippen molar-refractivity contribution in [2.75, 3.05) is 7.11 Å². The molecule has 0 aromatic heterocycles. The Hall–Kier alpha value is -2.29. The van der Waals surface area contributed by atoms with Crippen molar-refractivity contribution >= 4 is 5.71 Å². The maximum atomic E-state index is 5.34. The van der Waals surface area contributed by atoms with Gasteiger partial charge in [-0.05, 0) is 48.9 Å². The Morgan fingerprint density at radius 2 is 1.56 bits per heavy atom. The molecule has 0 unspecified atom stereocenters. The van der Waals surface area contributed by atoms with Gasteiger partial charge in [0, 0.05) is 0 Å². The fourth-order valence-electron chi connectivity index (χ4n) is 1.49. The maximum absolute atomic E-state index is 5.34. The van der Waals surface area contributed by atoms with E-state index in [1.54, 1.807) is 7.11 Å². The molecule has 0 fully saturated rings. The van der Waals surface area contributed by atoms with Crippen LogP contribution in [0.15, 0.2) is 59.8 Å². The number of benzene rings is 2. The third kappa shape index (κ3) is 3.10. The first-order valence-corrected chi connectivity index (χ1v) is 5.70. The molecule has 0 saturated heterocycles. The topological polar surface area (TPSA) is 30.8 Å². The Labute approximate surface area is 107 Å². The molecule has 0 aliphatic heterocycles. The molecule has 0 aliphatic carbocycles. The predicted molar refractivity (Wildman–Crippen MR) is 72.3 cm³/mol. The molecule has 0 saturated carbocycles. The number of oxime groups is 1. The van der Waals surface area contributed by atoms with E-state index < -0.39 is 0 Å². The van der Waals surface area contributed by atoms with Crippen LogP contribution in [0.4, 0.5) is 0 Å². The number of rotatable bonds is 4. The van der Waals surface area contributed by atoms with Gasteiger partial charge in [-0.2, -0.15) is 0 Å². The lowest BCUT2D eigenvalue weighted by molar-refractivity contribution is 0.341. The Kier molecular flexibility index (Phi) is 3.97. The third-order valence-electron chi connectivity index (χ3n) is 2.54. The molecule has 0 radical (unpaired) electrons. The SMILES string of the molecule is COc1ccc(/C(C)=N/Oc2ccccc2)cc1. The molecular weight excluding hydrogens is 226 g/mol. The van der Waals surface area contributed by atoms with Gasteiger partial charge in [-0.1, -0.05) is 23.4 Å². The van der Waals surface area contributed by atoms with Crippen molar-refractivity contribution in [2.24, 2.45) is 5.16 Å². The average Bonchev–Trinajstić information content (AvgIpc) is 2.46. The van der Waals surface area contributed by atoms with Gasteiger partial charge in [0.15, 0.2) is 5.75 Å². The van der Waals surface area contributed by atoms with E-state index in [2.05, 4.69) is 5.16 Å². The molecule has 2 aromatic carbocycles. The molecule has 3 nitrogen and oxygen atoms in total. The summed E-state index contributed by atoms with van der Waals surface area (Å²) in [5, 5.41) is 4.10. The van der Waals surface area contributed by atoms with Gasteiger partial charge in [-0.25, -0.2) is 0 Å². The van der Waals surface area contributed by atoms with Crippen molar-refractivity contribution in [2.45, 2.75) is 6.92 Å². The molecule has 0 spiro atoms. The molecule has 0 N–H and O–H groups in total. The van der Waals surface area contributed by atoms with E-state index in [0.717, 1.165) is 22.8 Å². The number of para-hydroxylation sites is 1. The van der Waals surface area contributed by atoms with E-state index in [4.69, 9.17) is 9.57 Å². The summed E-state index contributed by atoms with van der Waals surface area (Å²) < 4.78 is 5.11. The number of methoxy groups -OCH3 is 1. The van der Waals surface area contributed by atoms with Crippen LogP contribution in [0.25, 0.3) is 0 Å². The van der Waals surface area contributed by atoms with E-state index in [0.29, 0.717) is 0 Å². The second-order valence-corrected chi connectivity index (χ2v) is 3.81. The summed E-state index contributed by atoms with van der Waals surface area (Å²) in [6.07, 6.45) is 0. The van der Waals surface area contributed by atoms with Crippen molar-refractivity contribution in [1.29, 1.82) is 0 Å². The van der Waals surface area contributed by atoms with Crippen molar-refractivity contribution in [1.82, 2.24) is 0 Å². The monoisotopic (exact) mass is 241 g/mol. The van der Waals surface area contributed by atoms with Crippen LogP contribution in [-0.2, 0) is 0 Å². The average molecular weight is 241 g/mol. The first-order chi connectivity index (χ1) is 8.79. The van der Waals surface area contributed by atoms with Gasteiger partial charge in [0.25, 0.3) is 0 Å². The zero-order chi connectivity index (χ0) is 12.8. The van der Waals surface area contributed by atoms with Crippen molar-refractivity contribution in [3.63, 3.8) is 0 Å². The quantitative estimate of drug-likeness (QED) is 0.606. The van der Waals surface area contributed by atoms with E-state index in [9.17, 15) is 0 Å². The molecule has 0 heterocycles. The van der Waals surface area contributed by atoms with Crippen LogP contribution >= 0.6 is 0 Å². The number of ether oxygens (including phenoxy) is 1. The third-order valence-corrected chi connectivity index (χ3v) is 2.54. The summed E-state index contributed by atoms with van der Waals surface area (Å²) in [6.45, 7) is 1.91. The van der Waals surface area contributed by atoms with Gasteiger partial charge in [0.05, 0.1) is 12.8 Å². The number of hydrogen-bond acceptors (Lipinski definition) is 3. The smallest absolute Gasteiger partial charge is 0.157 e. The summed E-state index contributed by atoms with van der Waals surface area (Å²) in [4.78, 5) is 5.34. The van der Waals surface area contributed by atoms with Crippen LogP contribution in [0.1, 0.15) is 12.5 Å². The van der Waals surface area contributed by atoms with Crippen LogP contribution in [0, 0.1) is 0 Å². The molecule has 92 valence electrons. The molecule has 0 amide bonds. The fraction of sp³-hybridized carbons (Fsp3) is 0.133. The summed E-state index contributed by atoms with van der Waals surface area (Å²) in [6, 6.07) is 17.2. The fourth-order valence-corrected chi connectivity index (χ4v) is 1.49. The lowest BCUT2D eigenvalue weighted by Crippen LogP contribution is -1.97. The van der Waals surface area contributed by atoms with Crippen LogP contribution in [-0.4, -0.2) is 12.8 Å². The van der Waals surface area contributed by atoms with Crippen LogP contribution in [0.3, 0.4) is 0 Å². The highest BCUT2D eigenvalue weighted by molar-refractivity contribution is 5.98. The lowest BCUT2D eigenvalue weighted by atomic mass is 10.1. The summed E-state index contributed by atoms with van der Waals surface area (Å²) in [5.41, 5.74) is 1.83. The second-order valence-electron chi connectivity index (χ2n) is 3.81. The molecular formula is C15H15NO2. The standard InChI is InChI=1S/C15H15NO2/c1-12(13-8-10-14(17-2)11-9-13)16-18-15-6-4-3-5-7-15/h3-11H,1-2H3/b16-12+. The predicted octanol–water partition coefficient (Wildman–Crippen LogP) is 3.50. The Balaban J connectivity index is 2.08. The molecule has 0 atom stereocenters. The maximum Gasteiger partial charge on any atom is 0.157 e. The van der Waals surface area contributed by atoms with Gasteiger partial charge in [-0.15, -0.1) is 0 Å². The minimum absolute atomic E-state index is 0.727. The highest BCUT2D eigenvalue weighted by Gasteiger charge is 1.99. The van der Waals surface area contributed by atoms with Crippen molar-refractivity contribution < 1.29 is 9.57 Å². The second kappa shape index (κ2) is 5.87. The zero-order valence-corrected chi connectivity index (χ0v) is 10.5. The van der Waals surface area contributed by atoms with E-state index in [1.165, 1.54) is 0 Å². The summed E-state index contributed by atoms with van der Waals surface area (Å²) in [5.74, 6) is 1.56. The number of hydrogen-bond donors (Lipinski definition) is 0. The highest BCUT2D eigenvalue weighted by atomic mass is 16.6. The van der Waals surface area contributed by atoms with Crippen LogP contribution in [0.5, 0.6) is 11.5 Å². The van der Waals surface area contributed by atoms with Gasteiger partial charge >= 0.3 is 0 Å². The van der Waals surface area contributed by atoms with E-state index >= 15 is 0 Å². The minimum Gasteiger partial charge on any atom is -0.497 e. The van der Waals surface area contributed by atoms with Crippen molar-refractivity contribution in [3.8, 4) is 11.5 Å². The lowest BCUT2D eigenvalue weighted by Gasteiger charge is -2.03. The van der Waals surface area contributed by atoms with E-state index in [-0.39, 0.29) is 0 Å². The highest BCUT2D eigenvalue weighted by Crippen LogP contribution is 2.13. The molecule has 2 rings (SSSR count).